The van der Waals surface area contributed by atoms with Gasteiger partial charge in [-0.2, -0.15) is 0 Å². The van der Waals surface area contributed by atoms with Crippen molar-refractivity contribution in [3.05, 3.63) is 119 Å². The third-order valence-electron chi connectivity index (χ3n) is 7.88. The minimum atomic E-state index is -3.56. The number of benzene rings is 4. The molecule has 1 aliphatic carbocycles. The maximum Gasteiger partial charge on any atom is -1.00 e. The summed E-state index contributed by atoms with van der Waals surface area (Å²) in [5.41, 5.74) is 7.12. The Bertz CT molecular complexity index is 1390. The molecular weight excluding hydrogens is 519 g/mol. The van der Waals surface area contributed by atoms with E-state index in [0.29, 0.717) is 5.92 Å². The number of allylic oxidation sites excluding steroid dienone is 4. The summed E-state index contributed by atoms with van der Waals surface area (Å²) in [4.78, 5) is 0. The van der Waals surface area contributed by atoms with Crippen LogP contribution in [0.3, 0.4) is 0 Å². The molecule has 1 unspecified atom stereocenters. The van der Waals surface area contributed by atoms with E-state index in [1.807, 2.05) is 7.11 Å². The monoisotopic (exact) mass is 550 g/mol. The Hall–Kier alpha value is -2.13. The largest absolute Gasteiger partial charge is 1.00 e. The number of fused-ring (bicyclic) bond motifs is 1. The molecule has 0 spiro atoms. The second-order valence-electron chi connectivity index (χ2n) is 9.39. The van der Waals surface area contributed by atoms with Crippen molar-refractivity contribution in [3.63, 3.8) is 0 Å². The van der Waals surface area contributed by atoms with Crippen LogP contribution in [0.25, 0.3) is 16.3 Å². The van der Waals surface area contributed by atoms with Gasteiger partial charge in [-0.3, -0.25) is 0 Å². The number of rotatable bonds is 5. The van der Waals surface area contributed by atoms with Gasteiger partial charge < -0.3 is 24.8 Å². The normalized spacial score (nSPS) is 15.2. The van der Waals surface area contributed by atoms with Crippen molar-refractivity contribution in [1.82, 2.24) is 0 Å². The first kappa shape index (κ1) is 28.4. The molecule has 0 aliphatic heterocycles. The van der Waals surface area contributed by atoms with E-state index < -0.39 is 17.0 Å². The van der Waals surface area contributed by atoms with Crippen LogP contribution in [-0.2, 0) is 20.3 Å². The summed E-state index contributed by atoms with van der Waals surface area (Å²) < 4.78 is 10.9. The third-order valence-corrected chi connectivity index (χ3v) is 14.4. The maximum atomic E-state index is 6.88. The van der Waals surface area contributed by atoms with Gasteiger partial charge in [0, 0.05) is 0 Å². The van der Waals surface area contributed by atoms with Gasteiger partial charge in [-0.05, 0) is 0 Å². The van der Waals surface area contributed by atoms with E-state index in [-0.39, 0.29) is 24.8 Å². The quantitative estimate of drug-likeness (QED) is 0.331. The van der Waals surface area contributed by atoms with Gasteiger partial charge in [0.25, 0.3) is 0 Å². The number of halogens is 2. The van der Waals surface area contributed by atoms with E-state index in [2.05, 4.69) is 125 Å². The van der Waals surface area contributed by atoms with E-state index in [1.54, 1.807) is 0 Å². The fraction of sp³-hybridized carbons (Fsp3) is 0.188. The predicted octanol–water partition coefficient (Wildman–Crippen LogP) is 0.599. The molecule has 4 heteroatoms. The van der Waals surface area contributed by atoms with Crippen molar-refractivity contribution >= 4 is 28.0 Å². The van der Waals surface area contributed by atoms with Gasteiger partial charge in [-0.15, -0.1) is 0 Å². The molecule has 0 aromatic heterocycles. The van der Waals surface area contributed by atoms with Crippen molar-refractivity contribution in [3.8, 4) is 0 Å². The smallest absolute Gasteiger partial charge is 1.00 e. The van der Waals surface area contributed by atoms with Gasteiger partial charge in [0.15, 0.2) is 0 Å². The van der Waals surface area contributed by atoms with Crippen LogP contribution in [0.1, 0.15) is 33.3 Å². The molecule has 36 heavy (non-hydrogen) atoms. The van der Waals surface area contributed by atoms with E-state index in [0.717, 1.165) is 0 Å². The van der Waals surface area contributed by atoms with Gasteiger partial charge in [0.2, 0.25) is 0 Å². The molecule has 4 aromatic rings. The molecule has 1 aliphatic rings. The number of hydrogen-bond donors (Lipinski definition) is 0. The van der Waals surface area contributed by atoms with E-state index in [4.69, 9.17) is 3.32 Å². The average molecular weight is 551 g/mol. The minimum Gasteiger partial charge on any atom is -1.00 e. The fourth-order valence-electron chi connectivity index (χ4n) is 5.81. The summed E-state index contributed by atoms with van der Waals surface area (Å²) in [5.74, 6) is 0.392. The molecule has 0 saturated heterocycles. The van der Waals surface area contributed by atoms with E-state index >= 15 is 0 Å². The average Bonchev–Trinajstić information content (AvgIpc) is 3.08. The van der Waals surface area contributed by atoms with Crippen molar-refractivity contribution in [2.75, 3.05) is 7.11 Å². The van der Waals surface area contributed by atoms with Crippen molar-refractivity contribution < 1.29 is 45.1 Å². The Balaban J connectivity index is 0.00000180. The molecule has 0 amide bonds. The van der Waals surface area contributed by atoms with Crippen molar-refractivity contribution in [2.24, 2.45) is 5.92 Å². The van der Waals surface area contributed by atoms with Crippen molar-refractivity contribution in [1.29, 1.82) is 0 Å². The van der Waals surface area contributed by atoms with Crippen LogP contribution in [0.2, 0.25) is 0 Å². The summed E-state index contributed by atoms with van der Waals surface area (Å²) in [5, 5.41) is 2.58. The molecule has 5 rings (SSSR count). The molecule has 1 atom stereocenters. The van der Waals surface area contributed by atoms with Crippen LogP contribution in [0.15, 0.2) is 114 Å². The standard InChI is InChI=1S/C19H19.2C6H5.CH3O.2ClH.Ti/c1-12-13(2)15(4)19(14(12)3)18-10-9-16-7-5-6-8-17(16)11-18;2*1-2-4-6-5-3-1;1-2;;;/h5-10,14H,1-4H3;2*1-5H;1H3;2*1H;/q;;;-1;;;+3/p-2. The summed E-state index contributed by atoms with van der Waals surface area (Å²) >= 11 is -3.56. The first-order valence-corrected chi connectivity index (χ1v) is 15.1. The molecular formula is C32H32Cl2OTi. The Labute approximate surface area is 231 Å². The molecule has 0 N–H and O–H groups in total. The Kier molecular flexibility index (Phi) is 9.09. The molecule has 184 valence electrons. The minimum absolute atomic E-state index is 0. The zero-order chi connectivity index (χ0) is 23.9. The van der Waals surface area contributed by atoms with Gasteiger partial charge in [-0.25, -0.2) is 0 Å². The topological polar surface area (TPSA) is 9.23 Å². The molecule has 0 saturated carbocycles. The number of hydrogen-bond acceptors (Lipinski definition) is 1. The van der Waals surface area contributed by atoms with Crippen LogP contribution in [0, 0.1) is 5.92 Å². The molecule has 0 radical (unpaired) electrons. The van der Waals surface area contributed by atoms with Crippen molar-refractivity contribution in [2.45, 2.75) is 27.7 Å². The van der Waals surface area contributed by atoms with Crippen LogP contribution in [0.4, 0.5) is 0 Å². The van der Waals surface area contributed by atoms with Gasteiger partial charge in [-0.1, -0.05) is 0 Å². The fourth-order valence-corrected chi connectivity index (χ4v) is 12.2. The van der Waals surface area contributed by atoms with Crippen LogP contribution >= 0.6 is 0 Å². The van der Waals surface area contributed by atoms with Gasteiger partial charge >= 0.3 is 208 Å². The summed E-state index contributed by atoms with van der Waals surface area (Å²) in [6.07, 6.45) is 0. The van der Waals surface area contributed by atoms with Gasteiger partial charge in [0.1, 0.15) is 0 Å². The van der Waals surface area contributed by atoms with Crippen LogP contribution < -0.4 is 36.4 Å². The third kappa shape index (κ3) is 4.42. The van der Waals surface area contributed by atoms with E-state index in [1.165, 1.54) is 50.2 Å². The Morgan fingerprint density at radius 3 is 1.67 bits per heavy atom. The molecule has 0 heterocycles. The zero-order valence-corrected chi connectivity index (χ0v) is 24.6. The summed E-state index contributed by atoms with van der Waals surface area (Å²) in [6.45, 7) is 9.21. The van der Waals surface area contributed by atoms with Crippen LogP contribution in [-0.4, -0.2) is 7.11 Å². The molecule has 0 fully saturated rings. The predicted molar refractivity (Wildman–Crippen MR) is 143 cm³/mol. The summed E-state index contributed by atoms with van der Waals surface area (Å²) in [6, 6.07) is 35.4. The van der Waals surface area contributed by atoms with Gasteiger partial charge in [0.05, 0.1) is 0 Å². The van der Waals surface area contributed by atoms with E-state index in [9.17, 15) is 0 Å². The maximum absolute atomic E-state index is 6.88. The molecule has 0 bridgehead atoms. The second-order valence-corrected chi connectivity index (χ2v) is 14.7. The Morgan fingerprint density at radius 1 is 0.639 bits per heavy atom. The Morgan fingerprint density at radius 2 is 1.17 bits per heavy atom. The summed E-state index contributed by atoms with van der Waals surface area (Å²) in [7, 11) is 1.93. The molecule has 1 nitrogen and oxygen atoms in total. The first-order valence-electron chi connectivity index (χ1n) is 12.1. The SMILES string of the molecule is C[O][Ti+2]([c]1ccccc1)([c]1ccccc1)[c]1c(C2=C(C)C(C)=C(C)C2C)ccc2ccccc12.[Cl-].[Cl-]. The molecule has 4 aromatic carbocycles. The zero-order valence-electron chi connectivity index (χ0n) is 21.5. The second kappa shape index (κ2) is 11.5. The van der Waals surface area contributed by atoms with Crippen LogP contribution in [0.5, 0.6) is 0 Å². The first-order chi connectivity index (χ1) is 16.5.